The third-order valence-corrected chi connectivity index (χ3v) is 4.37. The van der Waals surface area contributed by atoms with Gasteiger partial charge in [-0.05, 0) is 30.3 Å². The van der Waals surface area contributed by atoms with Crippen molar-refractivity contribution in [3.05, 3.63) is 53.1 Å². The van der Waals surface area contributed by atoms with E-state index in [1.165, 1.54) is 0 Å². The summed E-state index contributed by atoms with van der Waals surface area (Å²) in [4.78, 5) is 13.1. The lowest BCUT2D eigenvalue weighted by Crippen LogP contribution is -2.47. The van der Waals surface area contributed by atoms with Crippen molar-refractivity contribution in [2.75, 3.05) is 22.1 Å². The fraction of sp³-hybridized carbons (Fsp3) is 0.188. The van der Waals surface area contributed by atoms with E-state index in [9.17, 15) is 9.90 Å². The van der Waals surface area contributed by atoms with Gasteiger partial charge in [0.2, 0.25) is 0 Å². The van der Waals surface area contributed by atoms with Crippen molar-refractivity contribution >= 4 is 34.6 Å². The van der Waals surface area contributed by atoms with Crippen molar-refractivity contribution in [1.82, 2.24) is 0 Å². The van der Waals surface area contributed by atoms with Crippen molar-refractivity contribution in [2.45, 2.75) is 12.2 Å². The van der Waals surface area contributed by atoms with Crippen molar-refractivity contribution in [1.29, 1.82) is 0 Å². The topological polar surface area (TPSA) is 64.6 Å². The molecule has 2 aliphatic heterocycles. The van der Waals surface area contributed by atoms with Gasteiger partial charge in [0.15, 0.2) is 0 Å². The Morgan fingerprint density at radius 1 is 1.18 bits per heavy atom. The summed E-state index contributed by atoms with van der Waals surface area (Å²) in [6.45, 7) is -0.0629. The molecule has 2 unspecified atom stereocenters. The first kappa shape index (κ1) is 13.3. The van der Waals surface area contributed by atoms with Gasteiger partial charge in [-0.2, -0.15) is 0 Å². The van der Waals surface area contributed by atoms with E-state index in [-0.39, 0.29) is 18.8 Å². The van der Waals surface area contributed by atoms with Gasteiger partial charge in [0.05, 0.1) is 17.4 Å². The number of anilines is 3. The summed E-state index contributed by atoms with van der Waals surface area (Å²) >= 11 is 6.13. The Balaban J connectivity index is 1.81. The second-order valence-corrected chi connectivity index (χ2v) is 5.92. The summed E-state index contributed by atoms with van der Waals surface area (Å²) in [6, 6.07) is 13.4. The molecule has 22 heavy (non-hydrogen) atoms. The molecular weight excluding hydrogens is 302 g/mol. The predicted molar refractivity (Wildman–Crippen MR) is 86.7 cm³/mol. The zero-order chi connectivity index (χ0) is 15.3. The minimum Gasteiger partial charge on any atom is -0.480 e. The Morgan fingerprint density at radius 3 is 2.64 bits per heavy atom. The maximum Gasteiger partial charge on any atom is 0.323 e. The first-order chi connectivity index (χ1) is 10.6. The number of aliphatic carboxylic acids is 1. The molecule has 2 atom stereocenters. The number of nitrogens with zero attached hydrogens (tertiary/aromatic N) is 1. The summed E-state index contributed by atoms with van der Waals surface area (Å²) < 4.78 is 0. The van der Waals surface area contributed by atoms with Gasteiger partial charge < -0.3 is 20.6 Å². The summed E-state index contributed by atoms with van der Waals surface area (Å²) in [5, 5.41) is 16.8. The lowest BCUT2D eigenvalue weighted by atomic mass is 10.0. The minimum absolute atomic E-state index is 0.0389. The van der Waals surface area contributed by atoms with Crippen LogP contribution in [-0.4, -0.2) is 23.8 Å². The van der Waals surface area contributed by atoms with Gasteiger partial charge in [0.1, 0.15) is 12.7 Å². The van der Waals surface area contributed by atoms with Crippen LogP contribution in [0, 0.1) is 0 Å². The summed E-state index contributed by atoms with van der Waals surface area (Å²) in [7, 11) is 0. The number of carboxylic acids is 1. The average Bonchev–Trinajstić information content (AvgIpc) is 2.78. The smallest absolute Gasteiger partial charge is 0.323 e. The SMILES string of the molecule is O=C(O)CN1c2ccc(Cl)cc2C2Nc3ccccc3NC21. The van der Waals surface area contributed by atoms with Gasteiger partial charge in [-0.3, -0.25) is 4.79 Å². The van der Waals surface area contributed by atoms with Crippen LogP contribution in [0.25, 0.3) is 0 Å². The van der Waals surface area contributed by atoms with Crippen LogP contribution in [0.3, 0.4) is 0 Å². The molecule has 2 aromatic carbocycles. The van der Waals surface area contributed by atoms with Gasteiger partial charge in [0.25, 0.3) is 0 Å². The highest BCUT2D eigenvalue weighted by Gasteiger charge is 2.42. The van der Waals surface area contributed by atoms with Gasteiger partial charge in [-0.15, -0.1) is 0 Å². The zero-order valence-electron chi connectivity index (χ0n) is 11.6. The molecule has 112 valence electrons. The molecule has 3 N–H and O–H groups in total. The first-order valence-electron chi connectivity index (χ1n) is 7.03. The highest BCUT2D eigenvalue weighted by molar-refractivity contribution is 6.30. The average molecular weight is 316 g/mol. The lowest BCUT2D eigenvalue weighted by Gasteiger charge is -2.36. The van der Waals surface area contributed by atoms with Crippen molar-refractivity contribution in [3.63, 3.8) is 0 Å². The molecule has 0 bridgehead atoms. The predicted octanol–water partition coefficient (Wildman–Crippen LogP) is 3.15. The third-order valence-electron chi connectivity index (χ3n) is 4.13. The standard InChI is InChI=1S/C16H14ClN3O2/c17-9-5-6-13-10(7-9)15-16(20(13)8-14(21)22)19-12-4-2-1-3-11(12)18-15/h1-7,15-16,18-19H,8H2,(H,21,22). The summed E-state index contributed by atoms with van der Waals surface area (Å²) in [5.41, 5.74) is 3.89. The van der Waals surface area contributed by atoms with Crippen molar-refractivity contribution in [2.24, 2.45) is 0 Å². The van der Waals surface area contributed by atoms with Gasteiger partial charge in [-0.1, -0.05) is 23.7 Å². The number of nitrogens with one attached hydrogen (secondary N) is 2. The van der Waals surface area contributed by atoms with E-state index in [0.717, 1.165) is 22.6 Å². The molecule has 0 radical (unpaired) electrons. The number of halogens is 1. The largest absolute Gasteiger partial charge is 0.480 e. The van der Waals surface area contributed by atoms with Crippen LogP contribution < -0.4 is 15.5 Å². The Morgan fingerprint density at radius 2 is 1.91 bits per heavy atom. The molecule has 0 saturated carbocycles. The van der Waals surface area contributed by atoms with E-state index in [0.29, 0.717) is 5.02 Å². The van der Waals surface area contributed by atoms with Crippen LogP contribution >= 0.6 is 11.6 Å². The fourth-order valence-electron chi connectivity index (χ4n) is 3.24. The zero-order valence-corrected chi connectivity index (χ0v) is 12.3. The number of hydrogen-bond acceptors (Lipinski definition) is 4. The normalized spacial score (nSPS) is 21.2. The van der Waals surface area contributed by atoms with E-state index in [1.807, 2.05) is 41.3 Å². The molecule has 2 aromatic rings. The Kier molecular flexibility index (Phi) is 2.90. The molecule has 0 aromatic heterocycles. The maximum atomic E-state index is 11.2. The second-order valence-electron chi connectivity index (χ2n) is 5.48. The summed E-state index contributed by atoms with van der Waals surface area (Å²) in [6.07, 6.45) is -0.153. The number of hydrogen-bond donors (Lipinski definition) is 3. The monoisotopic (exact) mass is 315 g/mol. The number of fused-ring (bicyclic) bond motifs is 4. The van der Waals surface area contributed by atoms with Crippen LogP contribution in [0.1, 0.15) is 11.6 Å². The van der Waals surface area contributed by atoms with Crippen molar-refractivity contribution in [3.8, 4) is 0 Å². The molecule has 0 fully saturated rings. The highest BCUT2D eigenvalue weighted by atomic mass is 35.5. The maximum absolute atomic E-state index is 11.2. The van der Waals surface area contributed by atoms with Crippen LogP contribution in [0.5, 0.6) is 0 Å². The van der Waals surface area contributed by atoms with Crippen molar-refractivity contribution < 1.29 is 9.90 Å². The molecule has 2 heterocycles. The van der Waals surface area contributed by atoms with Crippen LogP contribution in [0.2, 0.25) is 5.02 Å². The Labute approximate surface area is 132 Å². The molecule has 5 nitrogen and oxygen atoms in total. The number of carbonyl (C=O) groups is 1. The van der Waals surface area contributed by atoms with Crippen LogP contribution in [0.15, 0.2) is 42.5 Å². The van der Waals surface area contributed by atoms with Crippen LogP contribution in [-0.2, 0) is 4.79 Å². The van der Waals surface area contributed by atoms with E-state index in [2.05, 4.69) is 10.6 Å². The number of rotatable bonds is 2. The number of benzene rings is 2. The van der Waals surface area contributed by atoms with Crippen LogP contribution in [0.4, 0.5) is 17.1 Å². The molecule has 2 aliphatic rings. The molecule has 0 spiro atoms. The first-order valence-corrected chi connectivity index (χ1v) is 7.41. The molecule has 0 saturated heterocycles. The Hall–Kier alpha value is -2.40. The second kappa shape index (κ2) is 4.81. The van der Waals surface area contributed by atoms with Gasteiger partial charge in [-0.25, -0.2) is 0 Å². The molecule has 0 aliphatic carbocycles. The molecular formula is C16H14ClN3O2. The lowest BCUT2D eigenvalue weighted by molar-refractivity contribution is -0.135. The number of para-hydroxylation sites is 2. The van der Waals surface area contributed by atoms with E-state index < -0.39 is 5.97 Å². The number of carboxylic acid groups (broad SMARTS) is 1. The van der Waals surface area contributed by atoms with E-state index >= 15 is 0 Å². The Bertz CT molecular complexity index is 765. The fourth-order valence-corrected chi connectivity index (χ4v) is 3.43. The van der Waals surface area contributed by atoms with Gasteiger partial charge >= 0.3 is 5.97 Å². The molecule has 0 amide bonds. The molecule has 6 heteroatoms. The molecule has 4 rings (SSSR count). The van der Waals surface area contributed by atoms with E-state index in [1.54, 1.807) is 6.07 Å². The van der Waals surface area contributed by atoms with E-state index in [4.69, 9.17) is 11.6 Å². The quantitative estimate of drug-likeness (QED) is 0.794. The summed E-state index contributed by atoms with van der Waals surface area (Å²) in [5.74, 6) is -0.859. The minimum atomic E-state index is -0.859. The third kappa shape index (κ3) is 1.97. The highest BCUT2D eigenvalue weighted by Crippen LogP contribution is 2.46. The van der Waals surface area contributed by atoms with Gasteiger partial charge in [0, 0.05) is 16.3 Å².